The fourth-order valence-corrected chi connectivity index (χ4v) is 4.33. The van der Waals surface area contributed by atoms with Crippen molar-refractivity contribution in [1.29, 1.82) is 0 Å². The molecule has 0 saturated carbocycles. The molecule has 0 unspecified atom stereocenters. The van der Waals surface area contributed by atoms with Crippen LogP contribution in [0.15, 0.2) is 85.2 Å². The highest BCUT2D eigenvalue weighted by Gasteiger charge is 2.12. The van der Waals surface area contributed by atoms with Crippen molar-refractivity contribution in [3.05, 3.63) is 117 Å². The van der Waals surface area contributed by atoms with Crippen molar-refractivity contribution in [1.82, 2.24) is 4.57 Å². The van der Waals surface area contributed by atoms with Crippen molar-refractivity contribution in [3.8, 4) is 17.2 Å². The molecule has 34 heavy (non-hydrogen) atoms. The molecule has 1 aromatic heterocycles. The van der Waals surface area contributed by atoms with Crippen LogP contribution in [0.2, 0.25) is 15.1 Å². The van der Waals surface area contributed by atoms with Gasteiger partial charge >= 0.3 is 0 Å². The second-order valence-corrected chi connectivity index (χ2v) is 8.64. The minimum atomic E-state index is -0.0904. The fraction of sp³-hybridized carbons (Fsp3) is 0.0741. The lowest BCUT2D eigenvalue weighted by atomic mass is 10.1. The van der Waals surface area contributed by atoms with Crippen LogP contribution in [0.25, 0.3) is 11.8 Å². The first-order chi connectivity index (χ1) is 16.4. The summed E-state index contributed by atoms with van der Waals surface area (Å²) < 4.78 is 13.3. The zero-order chi connectivity index (χ0) is 24.1. The van der Waals surface area contributed by atoms with Crippen LogP contribution in [-0.2, 0) is 6.61 Å². The lowest BCUT2D eigenvalue weighted by molar-refractivity contribution is 0.104. The Kier molecular flexibility index (Phi) is 7.63. The summed E-state index contributed by atoms with van der Waals surface area (Å²) in [4.78, 5) is 12.7. The quantitative estimate of drug-likeness (QED) is 0.178. The molecule has 1 heterocycles. The third-order valence-electron chi connectivity index (χ3n) is 5.12. The molecule has 0 aliphatic heterocycles. The van der Waals surface area contributed by atoms with Crippen molar-refractivity contribution in [2.45, 2.75) is 6.61 Å². The molecule has 0 N–H and O–H groups in total. The molecule has 172 valence electrons. The van der Waals surface area contributed by atoms with Gasteiger partial charge in [0, 0.05) is 34.2 Å². The largest absolute Gasteiger partial charge is 0.496 e. The summed E-state index contributed by atoms with van der Waals surface area (Å²) in [6.07, 6.45) is 7.21. The number of benzene rings is 3. The van der Waals surface area contributed by atoms with Gasteiger partial charge in [-0.2, -0.15) is 0 Å². The molecule has 0 atom stereocenters. The number of halogens is 3. The summed E-state index contributed by atoms with van der Waals surface area (Å²) in [5, 5.41) is 1.07. The molecule has 3 aromatic carbocycles. The second kappa shape index (κ2) is 10.8. The summed E-state index contributed by atoms with van der Waals surface area (Å²) in [6.45, 7) is 0.167. The molecule has 0 amide bonds. The van der Waals surface area contributed by atoms with Gasteiger partial charge in [-0.15, -0.1) is 0 Å². The van der Waals surface area contributed by atoms with Crippen molar-refractivity contribution >= 4 is 46.7 Å². The van der Waals surface area contributed by atoms with Crippen molar-refractivity contribution < 1.29 is 14.3 Å². The van der Waals surface area contributed by atoms with E-state index >= 15 is 0 Å². The highest BCUT2D eigenvalue weighted by atomic mass is 35.5. The Balaban J connectivity index is 1.48. The number of rotatable bonds is 8. The molecular formula is C27H20Cl3NO3. The zero-order valence-corrected chi connectivity index (χ0v) is 20.4. The van der Waals surface area contributed by atoms with Crippen LogP contribution in [0, 0.1) is 0 Å². The molecule has 0 fully saturated rings. The molecule has 4 aromatic rings. The maximum atomic E-state index is 12.7. The van der Waals surface area contributed by atoms with Crippen LogP contribution in [0.1, 0.15) is 21.5 Å². The van der Waals surface area contributed by atoms with Gasteiger partial charge in [0.1, 0.15) is 12.4 Å². The summed E-state index contributed by atoms with van der Waals surface area (Å²) in [7, 11) is 1.58. The fourth-order valence-electron chi connectivity index (χ4n) is 3.40. The molecule has 0 saturated heterocycles. The summed E-state index contributed by atoms with van der Waals surface area (Å²) in [5.74, 6) is 0.895. The number of carbonyl (C=O) groups excluding carboxylic acids is 1. The van der Waals surface area contributed by atoms with E-state index in [9.17, 15) is 4.79 Å². The number of methoxy groups -OCH3 is 1. The van der Waals surface area contributed by atoms with Crippen molar-refractivity contribution in [3.63, 3.8) is 0 Å². The van der Waals surface area contributed by atoms with Gasteiger partial charge in [-0.3, -0.25) is 4.79 Å². The second-order valence-electron chi connectivity index (χ2n) is 7.39. The standard InChI is InChI=1S/C27H20Cl3NO3/c1-33-26-11-5-18(14-20(26)17-34-27-23(29)15-21(28)16-24(27)30)4-10-25(32)19-6-8-22(9-7-19)31-12-2-3-13-31/h2-16H,17H2,1H3/b10-4+. The Bertz CT molecular complexity index is 1310. The van der Waals surface area contributed by atoms with Gasteiger partial charge in [0.05, 0.1) is 17.2 Å². The predicted octanol–water partition coefficient (Wildman–Crippen LogP) is 7.92. The smallest absolute Gasteiger partial charge is 0.185 e. The minimum absolute atomic E-state index is 0.0904. The Morgan fingerprint density at radius 2 is 1.62 bits per heavy atom. The van der Waals surface area contributed by atoms with Crippen LogP contribution < -0.4 is 9.47 Å². The van der Waals surface area contributed by atoms with Crippen LogP contribution in [0.3, 0.4) is 0 Å². The number of ketones is 1. The van der Waals surface area contributed by atoms with E-state index < -0.39 is 0 Å². The van der Waals surface area contributed by atoms with E-state index in [0.29, 0.717) is 32.1 Å². The number of hydrogen-bond donors (Lipinski definition) is 0. The topological polar surface area (TPSA) is 40.5 Å². The number of ether oxygens (including phenoxy) is 2. The van der Waals surface area contributed by atoms with Gasteiger partial charge in [0.15, 0.2) is 11.5 Å². The van der Waals surface area contributed by atoms with Crippen LogP contribution in [0.4, 0.5) is 0 Å². The van der Waals surface area contributed by atoms with Gasteiger partial charge in [-0.1, -0.05) is 46.9 Å². The monoisotopic (exact) mass is 511 g/mol. The van der Waals surface area contributed by atoms with E-state index in [1.165, 1.54) is 0 Å². The predicted molar refractivity (Wildman–Crippen MR) is 138 cm³/mol. The van der Waals surface area contributed by atoms with E-state index in [-0.39, 0.29) is 12.4 Å². The van der Waals surface area contributed by atoms with Crippen molar-refractivity contribution in [2.24, 2.45) is 0 Å². The van der Waals surface area contributed by atoms with Crippen LogP contribution >= 0.6 is 34.8 Å². The molecule has 4 nitrogen and oxygen atoms in total. The van der Waals surface area contributed by atoms with Gasteiger partial charge in [-0.25, -0.2) is 0 Å². The molecule has 0 aliphatic rings. The maximum absolute atomic E-state index is 12.7. The maximum Gasteiger partial charge on any atom is 0.185 e. The first-order valence-electron chi connectivity index (χ1n) is 10.3. The third kappa shape index (κ3) is 5.65. The SMILES string of the molecule is COc1ccc(/C=C/C(=O)c2ccc(-n3cccc3)cc2)cc1COc1c(Cl)cc(Cl)cc1Cl. The minimum Gasteiger partial charge on any atom is -0.496 e. The average molecular weight is 513 g/mol. The molecular weight excluding hydrogens is 493 g/mol. The normalized spacial score (nSPS) is 11.1. The Labute approximate surface area is 212 Å². The first-order valence-corrected chi connectivity index (χ1v) is 11.5. The molecule has 0 radical (unpaired) electrons. The van der Waals surface area contributed by atoms with Crippen LogP contribution in [0.5, 0.6) is 11.5 Å². The number of allylic oxidation sites excluding steroid dienone is 1. The van der Waals surface area contributed by atoms with E-state index in [0.717, 1.165) is 16.8 Å². The molecule has 0 bridgehead atoms. The molecule has 0 spiro atoms. The van der Waals surface area contributed by atoms with E-state index in [2.05, 4.69) is 0 Å². The average Bonchev–Trinajstić information content (AvgIpc) is 3.37. The number of aromatic nitrogens is 1. The number of nitrogens with zero attached hydrogens (tertiary/aromatic N) is 1. The first kappa shape index (κ1) is 24.0. The summed E-state index contributed by atoms with van der Waals surface area (Å²) in [6, 6.07) is 20.1. The Morgan fingerprint density at radius 1 is 0.941 bits per heavy atom. The van der Waals surface area contributed by atoms with E-state index in [1.807, 2.05) is 71.6 Å². The highest BCUT2D eigenvalue weighted by Crippen LogP contribution is 2.36. The number of hydrogen-bond acceptors (Lipinski definition) is 3. The van der Waals surface area contributed by atoms with E-state index in [1.54, 1.807) is 31.4 Å². The molecule has 0 aliphatic carbocycles. The zero-order valence-electron chi connectivity index (χ0n) is 18.2. The lowest BCUT2D eigenvalue weighted by Gasteiger charge is -2.13. The van der Waals surface area contributed by atoms with Gasteiger partial charge in [-0.05, 0) is 72.3 Å². The van der Waals surface area contributed by atoms with Crippen LogP contribution in [-0.4, -0.2) is 17.5 Å². The number of carbonyl (C=O) groups is 1. The third-order valence-corrected chi connectivity index (χ3v) is 5.90. The van der Waals surface area contributed by atoms with Gasteiger partial charge in [0.2, 0.25) is 0 Å². The summed E-state index contributed by atoms with van der Waals surface area (Å²) >= 11 is 18.4. The highest BCUT2D eigenvalue weighted by molar-refractivity contribution is 6.40. The lowest BCUT2D eigenvalue weighted by Crippen LogP contribution is -2.00. The van der Waals surface area contributed by atoms with Gasteiger partial charge < -0.3 is 14.0 Å². The summed E-state index contributed by atoms with van der Waals surface area (Å²) in [5.41, 5.74) is 3.20. The Morgan fingerprint density at radius 3 is 2.26 bits per heavy atom. The molecule has 4 rings (SSSR count). The molecule has 7 heteroatoms. The Hall–Kier alpha value is -3.18. The van der Waals surface area contributed by atoms with E-state index in [4.69, 9.17) is 44.3 Å². The van der Waals surface area contributed by atoms with Crippen molar-refractivity contribution in [2.75, 3.05) is 7.11 Å². The van der Waals surface area contributed by atoms with Gasteiger partial charge in [0.25, 0.3) is 0 Å².